The van der Waals surface area contributed by atoms with Crippen LogP contribution in [0.1, 0.15) is 5.56 Å². The Bertz CT molecular complexity index is 786. The Labute approximate surface area is 102 Å². The molecule has 0 radical (unpaired) electrons. The molecule has 18 heavy (non-hydrogen) atoms. The first-order chi connectivity index (χ1) is 8.66. The lowest BCUT2D eigenvalue weighted by Gasteiger charge is -2.01. The maximum Gasteiger partial charge on any atom is 0.257 e. The summed E-state index contributed by atoms with van der Waals surface area (Å²) in [7, 11) is 0. The number of aromatic hydroxyl groups is 1. The Morgan fingerprint density at radius 2 is 2.11 bits per heavy atom. The molecular weight excluding hydrogens is 232 g/mol. The van der Waals surface area contributed by atoms with Crippen molar-refractivity contribution in [3.8, 4) is 17.3 Å². The van der Waals surface area contributed by atoms with Gasteiger partial charge < -0.3 is 14.5 Å². The molecule has 0 atom stereocenters. The van der Waals surface area contributed by atoms with E-state index in [-0.39, 0.29) is 17.0 Å². The largest absolute Gasteiger partial charge is 0.493 e. The number of nitrogens with one attached hydrogen (secondary N) is 1. The molecule has 0 aliphatic heterocycles. The molecule has 5 heteroatoms. The normalized spacial score (nSPS) is 10.9. The number of para-hydroxylation sites is 1. The van der Waals surface area contributed by atoms with Crippen molar-refractivity contribution in [1.29, 1.82) is 0 Å². The quantitative estimate of drug-likeness (QED) is 0.685. The van der Waals surface area contributed by atoms with Gasteiger partial charge in [-0.05, 0) is 13.0 Å². The number of fused-ring (bicyclic) bond motifs is 1. The van der Waals surface area contributed by atoms with Crippen LogP contribution in [0.5, 0.6) is 5.88 Å². The number of H-pyrrole nitrogens is 1. The minimum Gasteiger partial charge on any atom is -0.493 e. The summed E-state index contributed by atoms with van der Waals surface area (Å²) in [5, 5.41) is 10.4. The summed E-state index contributed by atoms with van der Waals surface area (Å²) in [4.78, 5) is 18.2. The molecule has 0 saturated carbocycles. The molecule has 0 bridgehead atoms. The van der Waals surface area contributed by atoms with Crippen LogP contribution in [-0.2, 0) is 0 Å². The summed E-state index contributed by atoms with van der Waals surface area (Å²) in [6, 6.07) is 7.42. The number of aromatic amines is 1. The molecule has 0 amide bonds. The van der Waals surface area contributed by atoms with Crippen LogP contribution in [0, 0.1) is 6.92 Å². The lowest BCUT2D eigenvalue weighted by atomic mass is 10.1. The number of benzene rings is 1. The minimum atomic E-state index is -0.359. The van der Waals surface area contributed by atoms with Gasteiger partial charge in [-0.1, -0.05) is 18.2 Å². The summed E-state index contributed by atoms with van der Waals surface area (Å²) in [6.45, 7) is 1.51. The molecule has 5 nitrogen and oxygen atoms in total. The maximum absolute atomic E-state index is 11.6. The molecule has 0 aliphatic carbocycles. The van der Waals surface area contributed by atoms with Crippen LogP contribution in [0.4, 0.5) is 0 Å². The van der Waals surface area contributed by atoms with Gasteiger partial charge in [-0.2, -0.15) is 4.98 Å². The molecule has 3 rings (SSSR count). The average molecular weight is 242 g/mol. The highest BCUT2D eigenvalue weighted by Crippen LogP contribution is 2.28. The zero-order chi connectivity index (χ0) is 12.7. The Morgan fingerprint density at radius 1 is 1.33 bits per heavy atom. The Morgan fingerprint density at radius 3 is 2.89 bits per heavy atom. The highest BCUT2D eigenvalue weighted by molar-refractivity contribution is 5.91. The van der Waals surface area contributed by atoms with E-state index in [4.69, 9.17) is 4.42 Å². The van der Waals surface area contributed by atoms with Crippen LogP contribution in [0.3, 0.4) is 0 Å². The minimum absolute atomic E-state index is 0.201. The predicted octanol–water partition coefficient (Wildman–Crippen LogP) is 2.20. The van der Waals surface area contributed by atoms with Crippen molar-refractivity contribution in [2.75, 3.05) is 0 Å². The highest BCUT2D eigenvalue weighted by atomic mass is 16.3. The Kier molecular flexibility index (Phi) is 2.19. The second-order valence-corrected chi connectivity index (χ2v) is 4.01. The van der Waals surface area contributed by atoms with Gasteiger partial charge in [-0.15, -0.1) is 0 Å². The molecule has 0 fully saturated rings. The van der Waals surface area contributed by atoms with Crippen molar-refractivity contribution in [3.63, 3.8) is 0 Å². The number of furan rings is 1. The fourth-order valence-corrected chi connectivity index (χ4v) is 1.81. The van der Waals surface area contributed by atoms with Crippen molar-refractivity contribution in [2.45, 2.75) is 6.92 Å². The van der Waals surface area contributed by atoms with Gasteiger partial charge >= 0.3 is 0 Å². The van der Waals surface area contributed by atoms with Gasteiger partial charge in [0.15, 0.2) is 0 Å². The second-order valence-electron chi connectivity index (χ2n) is 4.01. The summed E-state index contributed by atoms with van der Waals surface area (Å²) in [6.07, 6.45) is 1.51. The van der Waals surface area contributed by atoms with Crippen LogP contribution in [0.15, 0.2) is 39.7 Å². The third-order valence-electron chi connectivity index (χ3n) is 2.86. The molecule has 0 saturated heterocycles. The zero-order valence-corrected chi connectivity index (χ0v) is 9.60. The van der Waals surface area contributed by atoms with Crippen molar-refractivity contribution in [1.82, 2.24) is 9.97 Å². The number of rotatable bonds is 1. The van der Waals surface area contributed by atoms with Gasteiger partial charge in [0.05, 0.1) is 11.1 Å². The van der Waals surface area contributed by atoms with Crippen LogP contribution < -0.4 is 5.56 Å². The summed E-state index contributed by atoms with van der Waals surface area (Å²) >= 11 is 0. The second kappa shape index (κ2) is 3.73. The van der Waals surface area contributed by atoms with Gasteiger partial charge in [-0.25, -0.2) is 0 Å². The number of hydrogen-bond donors (Lipinski definition) is 2. The third-order valence-corrected chi connectivity index (χ3v) is 2.86. The first-order valence-electron chi connectivity index (χ1n) is 5.43. The van der Waals surface area contributed by atoms with E-state index < -0.39 is 0 Å². The van der Waals surface area contributed by atoms with E-state index in [9.17, 15) is 9.90 Å². The van der Waals surface area contributed by atoms with E-state index in [2.05, 4.69) is 9.97 Å². The van der Waals surface area contributed by atoms with E-state index >= 15 is 0 Å². The predicted molar refractivity (Wildman–Crippen MR) is 66.5 cm³/mol. The highest BCUT2D eigenvalue weighted by Gasteiger charge is 2.12. The number of aromatic nitrogens is 2. The molecule has 2 aromatic heterocycles. The van der Waals surface area contributed by atoms with Gasteiger partial charge in [0, 0.05) is 5.39 Å². The van der Waals surface area contributed by atoms with E-state index in [0.29, 0.717) is 17.0 Å². The summed E-state index contributed by atoms with van der Waals surface area (Å²) in [5.41, 5.74) is 1.20. The number of nitrogens with zero attached hydrogens (tertiary/aromatic N) is 1. The Hall–Kier alpha value is -2.56. The van der Waals surface area contributed by atoms with Gasteiger partial charge in [0.25, 0.3) is 5.56 Å². The molecule has 1 aromatic carbocycles. The molecular formula is C13H10N2O3. The molecule has 3 aromatic rings. The standard InChI is InChI=1S/C13H10N2O3/c1-7-12(16)14-11(15-13(7)17)9-6-18-10-5-3-2-4-8(9)10/h2-6H,1H3,(H2,14,15,16,17). The van der Waals surface area contributed by atoms with Gasteiger partial charge in [0.2, 0.25) is 5.88 Å². The summed E-state index contributed by atoms with van der Waals surface area (Å²) in [5.74, 6) is 0.0343. The lowest BCUT2D eigenvalue weighted by molar-refractivity contribution is 0.447. The zero-order valence-electron chi connectivity index (χ0n) is 9.60. The van der Waals surface area contributed by atoms with Crippen molar-refractivity contribution >= 4 is 11.0 Å². The fourth-order valence-electron chi connectivity index (χ4n) is 1.81. The number of hydrogen-bond acceptors (Lipinski definition) is 4. The van der Waals surface area contributed by atoms with Crippen LogP contribution in [0.2, 0.25) is 0 Å². The summed E-state index contributed by atoms with van der Waals surface area (Å²) < 4.78 is 5.37. The smallest absolute Gasteiger partial charge is 0.257 e. The SMILES string of the molecule is Cc1c(O)nc(-c2coc3ccccc23)[nH]c1=O. The van der Waals surface area contributed by atoms with E-state index in [1.54, 1.807) is 0 Å². The van der Waals surface area contributed by atoms with E-state index in [1.807, 2.05) is 24.3 Å². The molecule has 90 valence electrons. The van der Waals surface area contributed by atoms with E-state index in [0.717, 1.165) is 5.39 Å². The van der Waals surface area contributed by atoms with E-state index in [1.165, 1.54) is 13.2 Å². The van der Waals surface area contributed by atoms with Crippen LogP contribution in [0.25, 0.3) is 22.4 Å². The van der Waals surface area contributed by atoms with Gasteiger partial charge in [0.1, 0.15) is 17.7 Å². The van der Waals surface area contributed by atoms with Crippen molar-refractivity contribution in [2.24, 2.45) is 0 Å². The van der Waals surface area contributed by atoms with Crippen LogP contribution >= 0.6 is 0 Å². The monoisotopic (exact) mass is 242 g/mol. The average Bonchev–Trinajstić information content (AvgIpc) is 2.79. The molecule has 0 spiro atoms. The topological polar surface area (TPSA) is 79.1 Å². The lowest BCUT2D eigenvalue weighted by Crippen LogP contribution is -2.11. The first kappa shape index (κ1) is 10.6. The first-order valence-corrected chi connectivity index (χ1v) is 5.43. The molecule has 0 unspecified atom stereocenters. The maximum atomic E-state index is 11.6. The van der Waals surface area contributed by atoms with Crippen LogP contribution in [-0.4, -0.2) is 15.1 Å². The third kappa shape index (κ3) is 1.48. The van der Waals surface area contributed by atoms with Crippen molar-refractivity contribution in [3.05, 3.63) is 46.4 Å². The molecule has 2 N–H and O–H groups in total. The molecule has 2 heterocycles. The van der Waals surface area contributed by atoms with Gasteiger partial charge in [-0.3, -0.25) is 4.79 Å². The molecule has 0 aliphatic rings. The fraction of sp³-hybridized carbons (Fsp3) is 0.0769. The van der Waals surface area contributed by atoms with Crippen molar-refractivity contribution < 1.29 is 9.52 Å². The Balaban J connectivity index is 2.30.